The molecule has 1 heterocycles. The summed E-state index contributed by atoms with van der Waals surface area (Å²) in [6.07, 6.45) is 2.34. The number of primary sulfonamides is 1. The van der Waals surface area contributed by atoms with Gasteiger partial charge in [0.05, 0.1) is 4.90 Å². The summed E-state index contributed by atoms with van der Waals surface area (Å²) < 4.78 is 36.3. The minimum Gasteiger partial charge on any atom is -0.354 e. The summed E-state index contributed by atoms with van der Waals surface area (Å²) in [4.78, 5) is 13.2. The lowest BCUT2D eigenvalue weighted by Crippen LogP contribution is -2.14. The van der Waals surface area contributed by atoms with E-state index < -0.39 is 10.0 Å². The SMILES string of the molecule is NCCCCNc1nc(NCCc2ccc(S(N)(=O)=O)cc2)nc(Nc2cccc(F)c2)n1. The Kier molecular flexibility index (Phi) is 8.46. The highest BCUT2D eigenvalue weighted by molar-refractivity contribution is 7.89. The Balaban J connectivity index is 1.68. The van der Waals surface area contributed by atoms with Gasteiger partial charge in [-0.3, -0.25) is 0 Å². The smallest absolute Gasteiger partial charge is 0.238 e. The Hall–Kier alpha value is -3.35. The first-order chi connectivity index (χ1) is 15.8. The quantitative estimate of drug-likeness (QED) is 0.248. The Morgan fingerprint density at radius 3 is 2.18 bits per heavy atom. The van der Waals surface area contributed by atoms with Crippen molar-refractivity contribution < 1.29 is 12.8 Å². The molecule has 0 bridgehead atoms. The van der Waals surface area contributed by atoms with E-state index in [1.807, 2.05) is 0 Å². The third-order valence-corrected chi connectivity index (χ3v) is 5.51. The molecule has 0 aliphatic rings. The molecule has 0 saturated carbocycles. The van der Waals surface area contributed by atoms with Crippen LogP contribution in [0, 0.1) is 5.82 Å². The molecule has 176 valence electrons. The van der Waals surface area contributed by atoms with Gasteiger partial charge in [-0.15, -0.1) is 0 Å². The maximum absolute atomic E-state index is 13.5. The molecule has 0 aliphatic heterocycles. The number of rotatable bonds is 12. The second-order valence-corrected chi connectivity index (χ2v) is 8.79. The van der Waals surface area contributed by atoms with E-state index in [4.69, 9.17) is 10.9 Å². The van der Waals surface area contributed by atoms with Crippen molar-refractivity contribution in [3.63, 3.8) is 0 Å². The highest BCUT2D eigenvalue weighted by Gasteiger charge is 2.09. The molecule has 10 nitrogen and oxygen atoms in total. The van der Waals surface area contributed by atoms with Crippen LogP contribution in [0.15, 0.2) is 53.4 Å². The largest absolute Gasteiger partial charge is 0.354 e. The molecule has 2 aromatic carbocycles. The molecular weight excluding hydrogens is 447 g/mol. The van der Waals surface area contributed by atoms with Gasteiger partial charge in [-0.2, -0.15) is 15.0 Å². The van der Waals surface area contributed by atoms with Gasteiger partial charge < -0.3 is 21.7 Å². The number of hydrogen-bond acceptors (Lipinski definition) is 9. The van der Waals surface area contributed by atoms with Gasteiger partial charge in [0.15, 0.2) is 0 Å². The molecule has 1 aromatic heterocycles. The zero-order valence-corrected chi connectivity index (χ0v) is 18.8. The van der Waals surface area contributed by atoms with Crippen molar-refractivity contribution in [2.24, 2.45) is 10.9 Å². The summed E-state index contributed by atoms with van der Waals surface area (Å²) in [6, 6.07) is 12.3. The summed E-state index contributed by atoms with van der Waals surface area (Å²) in [5, 5.41) is 14.4. The van der Waals surface area contributed by atoms with E-state index in [1.54, 1.807) is 24.3 Å². The Bertz CT molecular complexity index is 1160. The predicted octanol–water partition coefficient (Wildman–Crippen LogP) is 2.21. The standard InChI is InChI=1S/C21H27FN8O2S/c22-16-4-3-5-17(14-16)27-21-29-19(25-12-2-1-11-23)28-20(30-21)26-13-10-15-6-8-18(9-7-15)33(24,31)32/h3-9,14H,1-2,10-13,23H2,(H2,24,31,32)(H3,25,26,27,28,29,30). The van der Waals surface area contributed by atoms with Crippen molar-refractivity contribution in [2.75, 3.05) is 35.6 Å². The molecule has 0 aliphatic carbocycles. The number of anilines is 4. The zero-order valence-electron chi connectivity index (χ0n) is 18.0. The van der Waals surface area contributed by atoms with Crippen LogP contribution in [-0.2, 0) is 16.4 Å². The van der Waals surface area contributed by atoms with Crippen molar-refractivity contribution >= 4 is 33.6 Å². The first kappa shape index (κ1) is 24.3. The van der Waals surface area contributed by atoms with Crippen LogP contribution < -0.4 is 26.8 Å². The van der Waals surface area contributed by atoms with E-state index >= 15 is 0 Å². The highest BCUT2D eigenvalue weighted by Crippen LogP contribution is 2.17. The topological polar surface area (TPSA) is 161 Å². The van der Waals surface area contributed by atoms with Crippen LogP contribution in [0.2, 0.25) is 0 Å². The number of hydrogen-bond donors (Lipinski definition) is 5. The van der Waals surface area contributed by atoms with E-state index in [0.29, 0.717) is 43.6 Å². The van der Waals surface area contributed by atoms with Gasteiger partial charge in [0.1, 0.15) is 5.82 Å². The van der Waals surface area contributed by atoms with Crippen molar-refractivity contribution in [3.8, 4) is 0 Å². The van der Waals surface area contributed by atoms with Gasteiger partial charge in [-0.25, -0.2) is 17.9 Å². The van der Waals surface area contributed by atoms with Crippen LogP contribution in [-0.4, -0.2) is 43.0 Å². The van der Waals surface area contributed by atoms with Crippen molar-refractivity contribution in [3.05, 3.63) is 59.9 Å². The summed E-state index contributed by atoms with van der Waals surface area (Å²) >= 11 is 0. The molecule has 0 fully saturated rings. The Morgan fingerprint density at radius 2 is 1.55 bits per heavy atom. The fourth-order valence-electron chi connectivity index (χ4n) is 2.92. The molecule has 3 rings (SSSR count). The molecule has 0 saturated heterocycles. The maximum Gasteiger partial charge on any atom is 0.238 e. The van der Waals surface area contributed by atoms with E-state index in [-0.39, 0.29) is 16.7 Å². The van der Waals surface area contributed by atoms with Gasteiger partial charge in [0.25, 0.3) is 0 Å². The molecular formula is C21H27FN8O2S. The average Bonchev–Trinajstić information content (AvgIpc) is 2.76. The number of nitrogens with zero attached hydrogens (tertiary/aromatic N) is 3. The first-order valence-electron chi connectivity index (χ1n) is 10.4. The van der Waals surface area contributed by atoms with Crippen molar-refractivity contribution in [1.82, 2.24) is 15.0 Å². The second-order valence-electron chi connectivity index (χ2n) is 7.23. The second kappa shape index (κ2) is 11.5. The van der Waals surface area contributed by atoms with Crippen molar-refractivity contribution in [1.29, 1.82) is 0 Å². The third kappa shape index (κ3) is 7.93. The number of benzene rings is 2. The van der Waals surface area contributed by atoms with Crippen LogP contribution in [0.5, 0.6) is 0 Å². The molecule has 33 heavy (non-hydrogen) atoms. The number of unbranched alkanes of at least 4 members (excludes halogenated alkanes) is 1. The minimum atomic E-state index is -3.72. The van der Waals surface area contributed by atoms with Crippen LogP contribution in [0.4, 0.5) is 27.9 Å². The van der Waals surface area contributed by atoms with E-state index in [0.717, 1.165) is 18.4 Å². The number of halogens is 1. The minimum absolute atomic E-state index is 0.0649. The maximum atomic E-state index is 13.5. The molecule has 12 heteroatoms. The Labute approximate surface area is 192 Å². The Morgan fingerprint density at radius 1 is 0.879 bits per heavy atom. The number of aromatic nitrogens is 3. The van der Waals surface area contributed by atoms with E-state index in [2.05, 4.69) is 30.9 Å². The number of nitrogens with one attached hydrogen (secondary N) is 3. The van der Waals surface area contributed by atoms with E-state index in [1.165, 1.54) is 24.3 Å². The van der Waals surface area contributed by atoms with Crippen LogP contribution >= 0.6 is 0 Å². The fourth-order valence-corrected chi connectivity index (χ4v) is 3.43. The highest BCUT2D eigenvalue weighted by atomic mass is 32.2. The lowest BCUT2D eigenvalue weighted by molar-refractivity contribution is 0.597. The van der Waals surface area contributed by atoms with E-state index in [9.17, 15) is 12.8 Å². The molecule has 0 radical (unpaired) electrons. The molecule has 0 unspecified atom stereocenters. The summed E-state index contributed by atoms with van der Waals surface area (Å²) in [5.41, 5.74) is 6.96. The van der Waals surface area contributed by atoms with Crippen molar-refractivity contribution in [2.45, 2.75) is 24.2 Å². The van der Waals surface area contributed by atoms with Gasteiger partial charge >= 0.3 is 0 Å². The molecule has 7 N–H and O–H groups in total. The van der Waals surface area contributed by atoms with Crippen LogP contribution in [0.25, 0.3) is 0 Å². The summed E-state index contributed by atoms with van der Waals surface area (Å²) in [5.74, 6) is 0.602. The molecule has 0 amide bonds. The normalized spacial score (nSPS) is 11.2. The van der Waals surface area contributed by atoms with Gasteiger partial charge in [0.2, 0.25) is 27.9 Å². The zero-order chi connectivity index (χ0) is 23.7. The molecule has 0 spiro atoms. The summed E-state index contributed by atoms with van der Waals surface area (Å²) in [6.45, 7) is 1.75. The molecule has 0 atom stereocenters. The lowest BCUT2D eigenvalue weighted by Gasteiger charge is -2.11. The average molecular weight is 475 g/mol. The number of nitrogens with two attached hydrogens (primary N) is 2. The predicted molar refractivity (Wildman–Crippen MR) is 126 cm³/mol. The van der Waals surface area contributed by atoms with Gasteiger partial charge in [0, 0.05) is 18.8 Å². The number of sulfonamides is 1. The summed E-state index contributed by atoms with van der Waals surface area (Å²) in [7, 11) is -3.72. The van der Waals surface area contributed by atoms with Crippen LogP contribution in [0.1, 0.15) is 18.4 Å². The molecule has 3 aromatic rings. The lowest BCUT2D eigenvalue weighted by atomic mass is 10.1. The first-order valence-corrected chi connectivity index (χ1v) is 12.0. The van der Waals surface area contributed by atoms with Crippen LogP contribution in [0.3, 0.4) is 0 Å². The monoisotopic (exact) mass is 474 g/mol. The van der Waals surface area contributed by atoms with Gasteiger partial charge in [-0.1, -0.05) is 18.2 Å². The third-order valence-electron chi connectivity index (χ3n) is 4.58. The van der Waals surface area contributed by atoms with Gasteiger partial charge in [-0.05, 0) is 61.7 Å². The fraction of sp³-hybridized carbons (Fsp3) is 0.286.